The van der Waals surface area contributed by atoms with Crippen LogP contribution in [0.15, 0.2) is 36.7 Å². The summed E-state index contributed by atoms with van der Waals surface area (Å²) in [4.78, 5) is 24.8. The summed E-state index contributed by atoms with van der Waals surface area (Å²) in [6.45, 7) is 3.55. The van der Waals surface area contributed by atoms with Crippen LogP contribution in [0.5, 0.6) is 0 Å². The Morgan fingerprint density at radius 1 is 1.20 bits per heavy atom. The number of likely N-dealkylation sites (tertiary alicyclic amines) is 1. The predicted octanol–water partition coefficient (Wildman–Crippen LogP) is 1.49. The topological polar surface area (TPSA) is 93.3 Å². The van der Waals surface area contributed by atoms with Crippen LogP contribution >= 0.6 is 12.4 Å². The van der Waals surface area contributed by atoms with E-state index in [-0.39, 0.29) is 24.0 Å². The van der Waals surface area contributed by atoms with Gasteiger partial charge in [0, 0.05) is 44.5 Å². The summed E-state index contributed by atoms with van der Waals surface area (Å²) in [6, 6.07) is 6.08. The molecule has 9 heteroatoms. The lowest BCUT2D eigenvalue weighted by atomic mass is 10.0. The lowest BCUT2D eigenvalue weighted by Gasteiger charge is -2.16. The third kappa shape index (κ3) is 3.22. The fraction of sp³-hybridized carbons (Fsp3) is 0.375. The monoisotopic (exact) mass is 363 g/mol. The van der Waals surface area contributed by atoms with Crippen LogP contribution in [0.2, 0.25) is 0 Å². The van der Waals surface area contributed by atoms with Crippen molar-refractivity contribution in [2.45, 2.75) is 0 Å². The Morgan fingerprint density at radius 3 is 2.44 bits per heavy atom. The zero-order chi connectivity index (χ0) is 16.7. The van der Waals surface area contributed by atoms with Gasteiger partial charge >= 0.3 is 0 Å². The molecule has 132 valence electrons. The van der Waals surface area contributed by atoms with Gasteiger partial charge in [-0.15, -0.1) is 12.4 Å². The SMILES string of the molecule is Cl.O=C(c1cnn(-c2ccc([N+](=O)[O-])cc2)c1)N1C[C@H]2CNC[C@H]2C1. The number of hydrogen-bond donors (Lipinski definition) is 1. The van der Waals surface area contributed by atoms with Crippen LogP contribution in [-0.4, -0.2) is 51.7 Å². The van der Waals surface area contributed by atoms with Crippen LogP contribution in [0.1, 0.15) is 10.4 Å². The molecule has 25 heavy (non-hydrogen) atoms. The number of halogens is 1. The van der Waals surface area contributed by atoms with Crippen LogP contribution < -0.4 is 5.32 Å². The molecule has 0 saturated carbocycles. The van der Waals surface area contributed by atoms with Gasteiger partial charge in [-0.2, -0.15) is 5.10 Å². The Labute approximate surface area is 150 Å². The van der Waals surface area contributed by atoms with E-state index in [4.69, 9.17) is 0 Å². The second-order valence-corrected chi connectivity index (χ2v) is 6.34. The van der Waals surface area contributed by atoms with Gasteiger partial charge in [0.1, 0.15) is 0 Å². The molecule has 2 aliphatic heterocycles. The Morgan fingerprint density at radius 2 is 1.84 bits per heavy atom. The maximum absolute atomic E-state index is 12.6. The molecule has 1 aromatic heterocycles. The van der Waals surface area contributed by atoms with Gasteiger partial charge in [-0.25, -0.2) is 4.68 Å². The van der Waals surface area contributed by atoms with Gasteiger partial charge in [0.2, 0.25) is 0 Å². The molecule has 2 fully saturated rings. The molecule has 0 aliphatic carbocycles. The fourth-order valence-corrected chi connectivity index (χ4v) is 3.51. The van der Waals surface area contributed by atoms with Crippen molar-refractivity contribution < 1.29 is 9.72 Å². The van der Waals surface area contributed by atoms with Crippen LogP contribution in [0.25, 0.3) is 5.69 Å². The standard InChI is InChI=1S/C16H17N5O3.ClH/c22-16(19-8-11-5-17-6-12(11)9-19)13-7-18-20(10-13)14-1-3-15(4-2-14)21(23)24;/h1-4,7,10-12,17H,5-6,8-9H2;1H/t11-,12+;. The van der Waals surface area contributed by atoms with E-state index in [0.717, 1.165) is 26.2 Å². The zero-order valence-electron chi connectivity index (χ0n) is 13.4. The summed E-state index contributed by atoms with van der Waals surface area (Å²) in [5.41, 5.74) is 1.25. The minimum Gasteiger partial charge on any atom is -0.338 e. The minimum atomic E-state index is -0.444. The summed E-state index contributed by atoms with van der Waals surface area (Å²) < 4.78 is 1.56. The molecule has 2 atom stereocenters. The van der Waals surface area contributed by atoms with E-state index in [2.05, 4.69) is 10.4 Å². The van der Waals surface area contributed by atoms with Crippen LogP contribution in [-0.2, 0) is 0 Å². The van der Waals surface area contributed by atoms with Crippen molar-refractivity contribution in [1.82, 2.24) is 20.0 Å². The molecule has 0 spiro atoms. The number of nitro benzene ring substituents is 1. The van der Waals surface area contributed by atoms with Crippen LogP contribution in [0.4, 0.5) is 5.69 Å². The molecule has 4 rings (SSSR count). The Bertz CT molecular complexity index is 779. The van der Waals surface area contributed by atoms with Gasteiger partial charge in [0.05, 0.1) is 22.4 Å². The Balaban J connectivity index is 0.00000182. The third-order valence-corrected chi connectivity index (χ3v) is 4.83. The van der Waals surface area contributed by atoms with Crippen LogP contribution in [0, 0.1) is 22.0 Å². The van der Waals surface area contributed by atoms with Crippen molar-refractivity contribution >= 4 is 24.0 Å². The molecule has 0 radical (unpaired) electrons. The maximum Gasteiger partial charge on any atom is 0.269 e. The number of hydrogen-bond acceptors (Lipinski definition) is 5. The van der Waals surface area contributed by atoms with Crippen molar-refractivity contribution in [3.05, 3.63) is 52.3 Å². The number of aromatic nitrogens is 2. The predicted molar refractivity (Wildman–Crippen MR) is 93.2 cm³/mol. The largest absolute Gasteiger partial charge is 0.338 e. The van der Waals surface area contributed by atoms with E-state index >= 15 is 0 Å². The van der Waals surface area contributed by atoms with Crippen molar-refractivity contribution in [3.8, 4) is 5.69 Å². The summed E-state index contributed by atoms with van der Waals surface area (Å²) in [6.07, 6.45) is 3.23. The molecule has 1 N–H and O–H groups in total. The molecule has 2 aromatic rings. The lowest BCUT2D eigenvalue weighted by molar-refractivity contribution is -0.384. The zero-order valence-corrected chi connectivity index (χ0v) is 14.2. The molecule has 8 nitrogen and oxygen atoms in total. The highest BCUT2D eigenvalue weighted by atomic mass is 35.5. The highest BCUT2D eigenvalue weighted by Crippen LogP contribution is 2.27. The first kappa shape index (κ1) is 17.4. The number of carbonyl (C=O) groups is 1. The number of carbonyl (C=O) groups excluding carboxylic acids is 1. The van der Waals surface area contributed by atoms with E-state index in [1.807, 2.05) is 4.90 Å². The molecule has 1 aromatic carbocycles. The number of fused-ring (bicyclic) bond motifs is 1. The van der Waals surface area contributed by atoms with E-state index in [1.54, 1.807) is 29.2 Å². The van der Waals surface area contributed by atoms with Gasteiger partial charge < -0.3 is 10.2 Å². The van der Waals surface area contributed by atoms with Crippen molar-refractivity contribution in [2.75, 3.05) is 26.2 Å². The molecule has 1 amide bonds. The molecular weight excluding hydrogens is 346 g/mol. The van der Waals surface area contributed by atoms with E-state index in [0.29, 0.717) is 23.1 Å². The fourth-order valence-electron chi connectivity index (χ4n) is 3.51. The summed E-state index contributed by atoms with van der Waals surface area (Å²) in [5.74, 6) is 1.11. The minimum absolute atomic E-state index is 0. The molecule has 2 aliphatic rings. The van der Waals surface area contributed by atoms with E-state index < -0.39 is 4.92 Å². The number of rotatable bonds is 3. The third-order valence-electron chi connectivity index (χ3n) is 4.83. The van der Waals surface area contributed by atoms with Gasteiger partial charge in [0.25, 0.3) is 11.6 Å². The molecule has 0 bridgehead atoms. The summed E-state index contributed by atoms with van der Waals surface area (Å²) in [5, 5.41) is 18.3. The molecule has 0 unspecified atom stereocenters. The average molecular weight is 364 g/mol. The van der Waals surface area contributed by atoms with Gasteiger partial charge in [0.15, 0.2) is 0 Å². The summed E-state index contributed by atoms with van der Waals surface area (Å²) in [7, 11) is 0. The number of benzene rings is 1. The number of non-ortho nitro benzene ring substituents is 1. The van der Waals surface area contributed by atoms with Crippen molar-refractivity contribution in [1.29, 1.82) is 0 Å². The number of nitro groups is 1. The Hall–Kier alpha value is -2.45. The van der Waals surface area contributed by atoms with Crippen LogP contribution in [0.3, 0.4) is 0 Å². The van der Waals surface area contributed by atoms with Gasteiger partial charge in [-0.05, 0) is 24.0 Å². The average Bonchev–Trinajstić information content (AvgIpc) is 3.29. The smallest absolute Gasteiger partial charge is 0.269 e. The van der Waals surface area contributed by atoms with Gasteiger partial charge in [-0.1, -0.05) is 0 Å². The van der Waals surface area contributed by atoms with Crippen molar-refractivity contribution in [2.24, 2.45) is 11.8 Å². The first-order valence-electron chi connectivity index (χ1n) is 7.91. The van der Waals surface area contributed by atoms with Crippen molar-refractivity contribution in [3.63, 3.8) is 0 Å². The number of amides is 1. The molecule has 3 heterocycles. The Kier molecular flexibility index (Phi) is 4.73. The first-order valence-corrected chi connectivity index (χ1v) is 7.91. The molecule has 2 saturated heterocycles. The number of nitrogens with zero attached hydrogens (tertiary/aromatic N) is 4. The normalized spacial score (nSPS) is 21.7. The number of nitrogens with one attached hydrogen (secondary N) is 1. The maximum atomic E-state index is 12.6. The lowest BCUT2D eigenvalue weighted by Crippen LogP contribution is -2.31. The molecular formula is C16H18ClN5O3. The second-order valence-electron chi connectivity index (χ2n) is 6.34. The first-order chi connectivity index (χ1) is 11.6. The van der Waals surface area contributed by atoms with Gasteiger partial charge in [-0.3, -0.25) is 14.9 Å². The highest BCUT2D eigenvalue weighted by molar-refractivity contribution is 5.94. The van der Waals surface area contributed by atoms with E-state index in [9.17, 15) is 14.9 Å². The summed E-state index contributed by atoms with van der Waals surface area (Å²) >= 11 is 0. The highest BCUT2D eigenvalue weighted by Gasteiger charge is 2.38. The van der Waals surface area contributed by atoms with E-state index in [1.165, 1.54) is 12.1 Å². The quantitative estimate of drug-likeness (QED) is 0.658. The second kappa shape index (κ2) is 6.81.